The number of halogens is 1. The first kappa shape index (κ1) is 11.6. The number of hydrogen-bond donors (Lipinski definition) is 1. The molecule has 1 unspecified atom stereocenters. The van der Waals surface area contributed by atoms with Crippen LogP contribution < -0.4 is 0 Å². The van der Waals surface area contributed by atoms with Crippen molar-refractivity contribution in [2.75, 3.05) is 0 Å². The Morgan fingerprint density at radius 3 is 2.41 bits per heavy atom. The Balaban J connectivity index is 2.50. The van der Waals surface area contributed by atoms with Gasteiger partial charge in [-0.3, -0.25) is 0 Å². The maximum atomic E-state index is 12.8. The van der Waals surface area contributed by atoms with Crippen LogP contribution in [0.4, 0.5) is 4.39 Å². The van der Waals surface area contributed by atoms with E-state index in [1.54, 1.807) is 6.92 Å². The first-order valence-corrected chi connectivity index (χ1v) is 5.41. The highest BCUT2D eigenvalue weighted by Crippen LogP contribution is 2.38. The average molecular weight is 236 g/mol. The van der Waals surface area contributed by atoms with Gasteiger partial charge in [-0.25, -0.2) is 9.18 Å². The Labute approximate surface area is 98.5 Å². The first-order valence-electron chi connectivity index (χ1n) is 5.41. The number of carbonyl (C=O) groups excluding carboxylic acids is 1. The minimum Gasteiger partial charge on any atom is -0.507 e. The summed E-state index contributed by atoms with van der Waals surface area (Å²) in [6.07, 6.45) is 0.481. The maximum absolute atomic E-state index is 12.8. The predicted octanol–water partition coefficient (Wildman–Crippen LogP) is 2.82. The Morgan fingerprint density at radius 2 is 1.94 bits per heavy atom. The SMILES string of the molecule is CCC1(C)OC(=O)C(c2ccc(F)cc2)=C1O. The lowest BCUT2D eigenvalue weighted by Crippen LogP contribution is -2.26. The zero-order valence-electron chi connectivity index (χ0n) is 9.66. The molecule has 1 aromatic rings. The molecule has 0 fully saturated rings. The second-order valence-corrected chi connectivity index (χ2v) is 4.20. The number of aliphatic hydroxyl groups excluding tert-OH is 1. The summed E-state index contributed by atoms with van der Waals surface area (Å²) in [4.78, 5) is 11.7. The highest BCUT2D eigenvalue weighted by Gasteiger charge is 2.43. The fourth-order valence-corrected chi connectivity index (χ4v) is 1.78. The van der Waals surface area contributed by atoms with Crippen LogP contribution in [0.3, 0.4) is 0 Å². The first-order chi connectivity index (χ1) is 7.98. The standard InChI is InChI=1S/C13H13FO3/c1-3-13(2)11(15)10(12(16)17-13)8-4-6-9(14)7-5-8/h4-7,15H,3H2,1-2H3. The lowest BCUT2D eigenvalue weighted by atomic mass is 9.96. The summed E-state index contributed by atoms with van der Waals surface area (Å²) in [6.45, 7) is 3.47. The largest absolute Gasteiger partial charge is 0.507 e. The van der Waals surface area contributed by atoms with Crippen molar-refractivity contribution >= 4 is 11.5 Å². The molecular weight excluding hydrogens is 223 g/mol. The van der Waals surface area contributed by atoms with E-state index in [1.807, 2.05) is 6.92 Å². The van der Waals surface area contributed by atoms with Gasteiger partial charge in [0.2, 0.25) is 0 Å². The quantitative estimate of drug-likeness (QED) is 0.803. The third-order valence-corrected chi connectivity index (χ3v) is 3.07. The molecule has 0 bridgehead atoms. The molecule has 1 aromatic carbocycles. The monoisotopic (exact) mass is 236 g/mol. The van der Waals surface area contributed by atoms with Gasteiger partial charge in [-0.2, -0.15) is 0 Å². The average Bonchev–Trinajstić information content (AvgIpc) is 2.53. The van der Waals surface area contributed by atoms with Gasteiger partial charge >= 0.3 is 5.97 Å². The molecular formula is C13H13FO3. The smallest absolute Gasteiger partial charge is 0.343 e. The van der Waals surface area contributed by atoms with Crippen molar-refractivity contribution in [3.8, 4) is 0 Å². The van der Waals surface area contributed by atoms with Crippen LogP contribution in [-0.4, -0.2) is 16.7 Å². The van der Waals surface area contributed by atoms with Crippen LogP contribution in [0.2, 0.25) is 0 Å². The van der Waals surface area contributed by atoms with Crippen LogP contribution >= 0.6 is 0 Å². The second-order valence-electron chi connectivity index (χ2n) is 4.20. The number of cyclic esters (lactones) is 1. The minimum absolute atomic E-state index is 0.0865. The van der Waals surface area contributed by atoms with E-state index in [9.17, 15) is 14.3 Å². The topological polar surface area (TPSA) is 46.5 Å². The molecule has 0 radical (unpaired) electrons. The van der Waals surface area contributed by atoms with Gasteiger partial charge in [0.05, 0.1) is 0 Å². The number of benzene rings is 1. The summed E-state index contributed by atoms with van der Waals surface area (Å²) in [7, 11) is 0. The Hall–Kier alpha value is -1.84. The van der Waals surface area contributed by atoms with E-state index in [-0.39, 0.29) is 11.3 Å². The molecule has 0 amide bonds. The number of esters is 1. The highest BCUT2D eigenvalue weighted by molar-refractivity contribution is 6.19. The van der Waals surface area contributed by atoms with Gasteiger partial charge < -0.3 is 9.84 Å². The number of rotatable bonds is 2. The Morgan fingerprint density at radius 1 is 1.35 bits per heavy atom. The van der Waals surface area contributed by atoms with Crippen molar-refractivity contribution in [3.63, 3.8) is 0 Å². The summed E-state index contributed by atoms with van der Waals surface area (Å²) in [5, 5.41) is 10.0. The van der Waals surface area contributed by atoms with Crippen LogP contribution in [-0.2, 0) is 9.53 Å². The van der Waals surface area contributed by atoms with Crippen molar-refractivity contribution in [3.05, 3.63) is 41.4 Å². The minimum atomic E-state index is -0.971. The zero-order chi connectivity index (χ0) is 12.6. The van der Waals surface area contributed by atoms with Crippen molar-refractivity contribution in [2.45, 2.75) is 25.9 Å². The van der Waals surface area contributed by atoms with E-state index in [0.29, 0.717) is 12.0 Å². The molecule has 0 saturated heterocycles. The van der Waals surface area contributed by atoms with Crippen LogP contribution in [0.1, 0.15) is 25.8 Å². The second kappa shape index (κ2) is 3.87. The molecule has 0 saturated carbocycles. The molecule has 3 nitrogen and oxygen atoms in total. The van der Waals surface area contributed by atoms with Gasteiger partial charge in [0, 0.05) is 0 Å². The number of hydrogen-bond acceptors (Lipinski definition) is 3. The maximum Gasteiger partial charge on any atom is 0.343 e. The van der Waals surface area contributed by atoms with E-state index in [0.717, 1.165) is 0 Å². The summed E-state index contributed by atoms with van der Waals surface area (Å²) in [5.74, 6) is -1.05. The van der Waals surface area contributed by atoms with E-state index in [2.05, 4.69) is 0 Å². The van der Waals surface area contributed by atoms with Crippen molar-refractivity contribution in [2.24, 2.45) is 0 Å². The third-order valence-electron chi connectivity index (χ3n) is 3.07. The van der Waals surface area contributed by atoms with Crippen LogP contribution in [0.25, 0.3) is 5.57 Å². The summed E-state index contributed by atoms with van der Waals surface area (Å²) in [6, 6.07) is 5.38. The molecule has 1 N–H and O–H groups in total. The van der Waals surface area contributed by atoms with Crippen LogP contribution in [0, 0.1) is 5.82 Å². The summed E-state index contributed by atoms with van der Waals surface area (Å²) < 4.78 is 17.9. The van der Waals surface area contributed by atoms with Crippen molar-refractivity contribution in [1.29, 1.82) is 0 Å². The summed E-state index contributed by atoms with van der Waals surface area (Å²) >= 11 is 0. The van der Waals surface area contributed by atoms with Crippen LogP contribution in [0.15, 0.2) is 30.0 Å². The van der Waals surface area contributed by atoms with Crippen molar-refractivity contribution in [1.82, 2.24) is 0 Å². The Bertz CT molecular complexity index is 490. The fourth-order valence-electron chi connectivity index (χ4n) is 1.78. The molecule has 17 heavy (non-hydrogen) atoms. The predicted molar refractivity (Wildman–Crippen MR) is 60.7 cm³/mol. The third kappa shape index (κ3) is 1.79. The van der Waals surface area contributed by atoms with Crippen molar-refractivity contribution < 1.29 is 19.0 Å². The van der Waals surface area contributed by atoms with E-state index < -0.39 is 17.4 Å². The molecule has 4 heteroatoms. The normalized spacial score (nSPS) is 24.1. The number of carbonyl (C=O) groups is 1. The molecule has 0 aromatic heterocycles. The van der Waals surface area contributed by atoms with E-state index in [4.69, 9.17) is 4.74 Å². The van der Waals surface area contributed by atoms with E-state index >= 15 is 0 Å². The molecule has 0 aliphatic carbocycles. The molecule has 1 atom stereocenters. The van der Waals surface area contributed by atoms with Gasteiger partial charge in [0.25, 0.3) is 0 Å². The van der Waals surface area contributed by atoms with Gasteiger partial charge in [-0.15, -0.1) is 0 Å². The number of aliphatic hydroxyl groups is 1. The molecule has 0 spiro atoms. The van der Waals surface area contributed by atoms with Gasteiger partial charge in [-0.1, -0.05) is 19.1 Å². The molecule has 90 valence electrons. The van der Waals surface area contributed by atoms with Gasteiger partial charge in [0.1, 0.15) is 11.4 Å². The Kier molecular flexibility index (Phi) is 2.65. The van der Waals surface area contributed by atoms with E-state index in [1.165, 1.54) is 24.3 Å². The van der Waals surface area contributed by atoms with Crippen LogP contribution in [0.5, 0.6) is 0 Å². The molecule has 1 heterocycles. The molecule has 1 aliphatic rings. The summed E-state index contributed by atoms with van der Waals surface area (Å²) in [5.41, 5.74) is -0.388. The highest BCUT2D eigenvalue weighted by atomic mass is 19.1. The fraction of sp³-hybridized carbons (Fsp3) is 0.308. The van der Waals surface area contributed by atoms with Gasteiger partial charge in [-0.05, 0) is 31.0 Å². The lowest BCUT2D eigenvalue weighted by Gasteiger charge is -2.20. The lowest BCUT2D eigenvalue weighted by molar-refractivity contribution is -0.145. The molecule has 1 aliphatic heterocycles. The number of ether oxygens (including phenoxy) is 1. The van der Waals surface area contributed by atoms with Gasteiger partial charge in [0.15, 0.2) is 11.4 Å². The molecule has 2 rings (SSSR count). The zero-order valence-corrected chi connectivity index (χ0v) is 9.66.